The van der Waals surface area contributed by atoms with Crippen molar-refractivity contribution in [3.05, 3.63) is 88.1 Å². The largest absolute Gasteiger partial charge is 0.480 e. The highest BCUT2D eigenvalue weighted by Crippen LogP contribution is 2.49. The second kappa shape index (κ2) is 10.5. The van der Waals surface area contributed by atoms with E-state index in [2.05, 4.69) is 0 Å². The molecule has 196 valence electrons. The zero-order valence-electron chi connectivity index (χ0n) is 19.8. The van der Waals surface area contributed by atoms with Crippen molar-refractivity contribution in [1.82, 2.24) is 4.90 Å². The van der Waals surface area contributed by atoms with Crippen molar-refractivity contribution in [3.8, 4) is 5.75 Å². The third-order valence-corrected chi connectivity index (χ3v) is 7.86. The molecule has 0 bridgehead atoms. The first kappa shape index (κ1) is 26.7. The van der Waals surface area contributed by atoms with Crippen LogP contribution in [-0.2, 0) is 21.6 Å². The van der Waals surface area contributed by atoms with Crippen molar-refractivity contribution in [2.24, 2.45) is 5.41 Å². The second-order valence-corrected chi connectivity index (χ2v) is 10.0. The molecule has 0 radical (unpaired) electrons. The van der Waals surface area contributed by atoms with Crippen molar-refractivity contribution in [2.75, 3.05) is 19.6 Å². The van der Waals surface area contributed by atoms with Gasteiger partial charge in [0.25, 0.3) is 5.60 Å². The Morgan fingerprint density at radius 3 is 2.05 bits per heavy atom. The molecule has 1 saturated heterocycles. The molecule has 0 spiro atoms. The van der Waals surface area contributed by atoms with Gasteiger partial charge in [0.05, 0.1) is 4.88 Å². The number of thiophene rings is 1. The fraction of sp³-hybridized carbons (Fsp3) is 0.333. The van der Waals surface area contributed by atoms with Gasteiger partial charge in [-0.1, -0.05) is 48.5 Å². The highest BCUT2D eigenvalue weighted by atomic mass is 32.1. The maximum atomic E-state index is 14.7. The topological polar surface area (TPSA) is 87.1 Å². The lowest BCUT2D eigenvalue weighted by Crippen LogP contribution is -2.49. The van der Waals surface area contributed by atoms with E-state index < -0.39 is 29.1 Å². The number of carbonyl (C=O) groups is 2. The van der Waals surface area contributed by atoms with Gasteiger partial charge in [0.15, 0.2) is 5.41 Å². The van der Waals surface area contributed by atoms with Gasteiger partial charge in [-0.3, -0.25) is 9.59 Å². The molecule has 1 aliphatic rings. The molecule has 1 unspecified atom stereocenters. The number of benzene rings is 2. The molecular weight excluding hydrogens is 507 g/mol. The molecule has 0 aliphatic carbocycles. The Hall–Kier alpha value is -3.37. The first-order valence-corrected chi connectivity index (χ1v) is 12.6. The number of rotatable bonds is 9. The lowest BCUT2D eigenvalue weighted by Gasteiger charge is -2.36. The second-order valence-electron chi connectivity index (χ2n) is 9.05. The van der Waals surface area contributed by atoms with E-state index in [9.17, 15) is 33.0 Å². The first-order chi connectivity index (χ1) is 17.6. The Labute approximate surface area is 215 Å². The van der Waals surface area contributed by atoms with Crippen molar-refractivity contribution < 1.29 is 37.7 Å². The standard InChI is InChI=1S/C27H26F3NO5S/c28-27(29,30)26(22-7-4-18-37-22,20-5-2-1-3-6-20)36-21-10-8-19(9-11-21)12-15-31-16-13-25(14-17-31,23(32)33)24(34)35/h1-11,18H,12-17H2,(H,32,33)(H,34,35). The number of hydrogen-bond donors (Lipinski definition) is 2. The lowest BCUT2D eigenvalue weighted by molar-refractivity contribution is -0.236. The molecule has 0 amide bonds. The Morgan fingerprint density at radius 2 is 1.54 bits per heavy atom. The molecule has 10 heteroatoms. The number of halogens is 3. The SMILES string of the molecule is O=C(O)C1(C(=O)O)CCN(CCc2ccc(OC(c3ccccc3)(c3cccs3)C(F)(F)F)cc2)CC1. The van der Waals surface area contributed by atoms with E-state index in [1.54, 1.807) is 41.8 Å². The van der Waals surface area contributed by atoms with E-state index in [1.807, 2.05) is 4.90 Å². The summed E-state index contributed by atoms with van der Waals surface area (Å²) in [5.74, 6) is -2.56. The van der Waals surface area contributed by atoms with Gasteiger partial charge in [-0.05, 0) is 61.5 Å². The summed E-state index contributed by atoms with van der Waals surface area (Å²) < 4.78 is 49.8. The molecule has 1 atom stereocenters. The molecular formula is C27H26F3NO5S. The summed E-state index contributed by atoms with van der Waals surface area (Å²) in [4.78, 5) is 25.0. The average molecular weight is 534 g/mol. The van der Waals surface area contributed by atoms with Crippen LogP contribution in [0.3, 0.4) is 0 Å². The zero-order valence-corrected chi connectivity index (χ0v) is 20.6. The van der Waals surface area contributed by atoms with Crippen molar-refractivity contribution in [1.29, 1.82) is 0 Å². The van der Waals surface area contributed by atoms with Crippen LogP contribution in [0.2, 0.25) is 0 Å². The lowest BCUT2D eigenvalue weighted by atomic mass is 9.78. The fourth-order valence-electron chi connectivity index (χ4n) is 4.63. The number of nitrogens with zero attached hydrogens (tertiary/aromatic N) is 1. The summed E-state index contributed by atoms with van der Waals surface area (Å²) >= 11 is 0.977. The number of alkyl halides is 3. The van der Waals surface area contributed by atoms with Gasteiger partial charge < -0.3 is 19.8 Å². The molecule has 1 aromatic heterocycles. The molecule has 0 saturated carbocycles. The molecule has 1 fully saturated rings. The van der Waals surface area contributed by atoms with E-state index in [0.29, 0.717) is 26.1 Å². The monoisotopic (exact) mass is 533 g/mol. The van der Waals surface area contributed by atoms with E-state index in [-0.39, 0.29) is 29.0 Å². The third kappa shape index (κ3) is 5.21. The number of ether oxygens (including phenoxy) is 1. The predicted molar refractivity (Wildman–Crippen MR) is 132 cm³/mol. The van der Waals surface area contributed by atoms with Crippen molar-refractivity contribution in [2.45, 2.75) is 31.0 Å². The highest BCUT2D eigenvalue weighted by Gasteiger charge is 2.60. The van der Waals surface area contributed by atoms with E-state index in [1.165, 1.54) is 30.3 Å². The fourth-order valence-corrected chi connectivity index (χ4v) is 5.53. The van der Waals surface area contributed by atoms with Gasteiger partial charge in [-0.15, -0.1) is 11.3 Å². The van der Waals surface area contributed by atoms with E-state index >= 15 is 0 Å². The van der Waals surface area contributed by atoms with E-state index in [0.717, 1.165) is 16.9 Å². The maximum absolute atomic E-state index is 14.7. The minimum Gasteiger partial charge on any atom is -0.480 e. The Bertz CT molecular complexity index is 1190. The molecule has 1 aliphatic heterocycles. The quantitative estimate of drug-likeness (QED) is 0.357. The van der Waals surface area contributed by atoms with Gasteiger partial charge >= 0.3 is 18.1 Å². The van der Waals surface area contributed by atoms with E-state index in [4.69, 9.17) is 4.74 Å². The van der Waals surface area contributed by atoms with Crippen LogP contribution in [0.5, 0.6) is 5.75 Å². The first-order valence-electron chi connectivity index (χ1n) is 11.7. The number of carboxylic acid groups (broad SMARTS) is 2. The Morgan fingerprint density at radius 1 is 0.919 bits per heavy atom. The number of carboxylic acids is 2. The van der Waals surface area contributed by atoms with Gasteiger partial charge in [-0.2, -0.15) is 13.2 Å². The molecule has 6 nitrogen and oxygen atoms in total. The summed E-state index contributed by atoms with van der Waals surface area (Å²) in [7, 11) is 0. The predicted octanol–water partition coefficient (Wildman–Crippen LogP) is 5.43. The summed E-state index contributed by atoms with van der Waals surface area (Å²) in [5.41, 5.74) is -3.55. The molecule has 4 rings (SSSR count). The highest BCUT2D eigenvalue weighted by molar-refractivity contribution is 7.10. The van der Waals surface area contributed by atoms with Gasteiger partial charge in [-0.25, -0.2) is 0 Å². The minimum absolute atomic E-state index is 0.0158. The van der Waals surface area contributed by atoms with Crippen LogP contribution < -0.4 is 4.74 Å². The summed E-state index contributed by atoms with van der Waals surface area (Å²) in [6.45, 7) is 1.25. The van der Waals surface area contributed by atoms with Crippen LogP contribution in [-0.4, -0.2) is 52.9 Å². The van der Waals surface area contributed by atoms with Crippen LogP contribution in [0.4, 0.5) is 13.2 Å². The van der Waals surface area contributed by atoms with Crippen LogP contribution in [0.15, 0.2) is 72.1 Å². The van der Waals surface area contributed by atoms with Gasteiger partial charge in [0, 0.05) is 12.1 Å². The number of piperidine rings is 1. The normalized spacial score (nSPS) is 17.6. The summed E-state index contributed by atoms with van der Waals surface area (Å²) in [6, 6.07) is 17.0. The van der Waals surface area contributed by atoms with Crippen LogP contribution in [0.1, 0.15) is 28.8 Å². The van der Waals surface area contributed by atoms with Crippen molar-refractivity contribution >= 4 is 23.3 Å². The number of aliphatic carboxylic acids is 2. The molecule has 3 aromatic rings. The molecule has 2 N–H and O–H groups in total. The third-order valence-electron chi connectivity index (χ3n) is 6.89. The van der Waals surface area contributed by atoms with Crippen molar-refractivity contribution in [3.63, 3.8) is 0 Å². The summed E-state index contributed by atoms with van der Waals surface area (Å²) in [6.07, 6.45) is -4.12. The molecule has 37 heavy (non-hydrogen) atoms. The summed E-state index contributed by atoms with van der Waals surface area (Å²) in [5, 5.41) is 20.3. The number of hydrogen-bond acceptors (Lipinski definition) is 5. The number of likely N-dealkylation sites (tertiary alicyclic amines) is 1. The smallest absolute Gasteiger partial charge is 0.437 e. The van der Waals surface area contributed by atoms with Crippen LogP contribution in [0.25, 0.3) is 0 Å². The molecule has 2 aromatic carbocycles. The maximum Gasteiger partial charge on any atom is 0.437 e. The Balaban J connectivity index is 1.47. The molecule has 2 heterocycles. The van der Waals surface area contributed by atoms with Gasteiger partial charge in [0.2, 0.25) is 0 Å². The van der Waals surface area contributed by atoms with Gasteiger partial charge in [0.1, 0.15) is 5.75 Å². The average Bonchev–Trinajstić information content (AvgIpc) is 3.42. The van der Waals surface area contributed by atoms with Crippen LogP contribution in [0, 0.1) is 5.41 Å². The Kier molecular flexibility index (Phi) is 7.61. The minimum atomic E-state index is -4.73. The zero-order chi connectivity index (χ0) is 26.7. The van der Waals surface area contributed by atoms with Crippen LogP contribution >= 0.6 is 11.3 Å².